The minimum atomic E-state index is -0.770. The van der Waals surface area contributed by atoms with E-state index in [1.165, 1.54) is 0 Å². The van der Waals surface area contributed by atoms with Gasteiger partial charge in [-0.1, -0.05) is 35.9 Å². The van der Waals surface area contributed by atoms with Crippen LogP contribution in [0.1, 0.15) is 37.8 Å². The molecule has 7 nitrogen and oxygen atoms in total. The number of aryl methyl sites for hydroxylation is 2. The minimum Gasteiger partial charge on any atom is -0.452 e. The van der Waals surface area contributed by atoms with Gasteiger partial charge >= 0.3 is 5.97 Å². The molecule has 2 aromatic heterocycles. The lowest BCUT2D eigenvalue weighted by atomic mass is 10.1. The van der Waals surface area contributed by atoms with Gasteiger partial charge in [-0.25, -0.2) is 9.89 Å². The zero-order valence-corrected chi connectivity index (χ0v) is 17.4. The van der Waals surface area contributed by atoms with Crippen molar-refractivity contribution in [1.82, 2.24) is 14.8 Å². The fraction of sp³-hybridized carbons (Fsp3) is 0.167. The number of esters is 1. The van der Waals surface area contributed by atoms with Gasteiger partial charge in [-0.05, 0) is 45.0 Å². The van der Waals surface area contributed by atoms with Crippen molar-refractivity contribution in [2.24, 2.45) is 0 Å². The molecule has 0 bridgehead atoms. The lowest BCUT2D eigenvalue weighted by Gasteiger charge is -2.10. The first-order chi connectivity index (χ1) is 14.9. The predicted octanol–water partition coefficient (Wildman–Crippen LogP) is 3.68. The summed E-state index contributed by atoms with van der Waals surface area (Å²) in [5, 5.41) is 6.81. The molecule has 0 saturated carbocycles. The number of fused-ring (bicyclic) bond motifs is 1. The number of Topliss-reactive ketones (excluding diaryl/α,β-unsaturated/α-hetero) is 1. The van der Waals surface area contributed by atoms with E-state index in [4.69, 9.17) is 4.74 Å². The first kappa shape index (κ1) is 20.3. The van der Waals surface area contributed by atoms with Gasteiger partial charge in [0.05, 0.1) is 5.39 Å². The number of nitrogens with zero attached hydrogens (tertiary/aromatic N) is 2. The maximum atomic E-state index is 12.8. The molecule has 2 aromatic carbocycles. The number of ether oxygens (including phenoxy) is 1. The third-order valence-electron chi connectivity index (χ3n) is 5.25. The third kappa shape index (κ3) is 3.77. The van der Waals surface area contributed by atoms with Gasteiger partial charge in [0.25, 0.3) is 5.56 Å². The van der Waals surface area contributed by atoms with Crippen LogP contribution >= 0.6 is 0 Å². The summed E-state index contributed by atoms with van der Waals surface area (Å²) in [6, 6.07) is 16.4. The predicted molar refractivity (Wildman–Crippen MR) is 117 cm³/mol. The van der Waals surface area contributed by atoms with Crippen LogP contribution in [-0.4, -0.2) is 33.1 Å². The Kier molecular flexibility index (Phi) is 5.25. The van der Waals surface area contributed by atoms with E-state index in [0.717, 1.165) is 22.6 Å². The number of nitrogens with one attached hydrogen (secondary N) is 1. The molecule has 0 aliphatic rings. The first-order valence-electron chi connectivity index (χ1n) is 9.80. The Balaban J connectivity index is 1.56. The highest BCUT2D eigenvalue weighted by Gasteiger charge is 2.20. The Morgan fingerprint density at radius 3 is 2.39 bits per heavy atom. The molecule has 0 aliphatic carbocycles. The van der Waals surface area contributed by atoms with Crippen LogP contribution < -0.4 is 5.56 Å². The van der Waals surface area contributed by atoms with E-state index >= 15 is 0 Å². The maximum absolute atomic E-state index is 12.8. The molecule has 4 rings (SSSR count). The SMILES string of the molecule is Cc1ccc(-n2c(C)cc(C(=O)COC(=O)c3n[nH]c(=O)c4ccccc34)c2C)cc1. The van der Waals surface area contributed by atoms with Crippen LogP contribution in [-0.2, 0) is 4.74 Å². The normalized spacial score (nSPS) is 10.9. The van der Waals surface area contributed by atoms with Crippen LogP contribution in [0, 0.1) is 20.8 Å². The summed E-state index contributed by atoms with van der Waals surface area (Å²) in [4.78, 5) is 37.2. The highest BCUT2D eigenvalue weighted by molar-refractivity contribution is 6.04. The zero-order valence-electron chi connectivity index (χ0n) is 17.4. The second-order valence-corrected chi connectivity index (χ2v) is 7.40. The molecule has 0 aliphatic heterocycles. The molecule has 0 amide bonds. The monoisotopic (exact) mass is 415 g/mol. The Morgan fingerprint density at radius 2 is 1.68 bits per heavy atom. The number of benzene rings is 2. The molecule has 1 N–H and O–H groups in total. The molecule has 4 aromatic rings. The number of carbonyl (C=O) groups excluding carboxylic acids is 2. The maximum Gasteiger partial charge on any atom is 0.359 e. The molecular weight excluding hydrogens is 394 g/mol. The lowest BCUT2D eigenvalue weighted by molar-refractivity contribution is 0.0469. The molecule has 0 unspecified atom stereocenters. The summed E-state index contributed by atoms with van der Waals surface area (Å²) < 4.78 is 7.23. The third-order valence-corrected chi connectivity index (χ3v) is 5.25. The number of hydrogen-bond acceptors (Lipinski definition) is 5. The Morgan fingerprint density at radius 1 is 1.00 bits per heavy atom. The summed E-state index contributed by atoms with van der Waals surface area (Å²) in [5.41, 5.74) is 3.85. The van der Waals surface area contributed by atoms with E-state index in [1.807, 2.05) is 49.6 Å². The number of hydrogen-bond donors (Lipinski definition) is 1. The van der Waals surface area contributed by atoms with E-state index < -0.39 is 18.1 Å². The van der Waals surface area contributed by atoms with Crippen LogP contribution in [0.5, 0.6) is 0 Å². The molecule has 7 heteroatoms. The smallest absolute Gasteiger partial charge is 0.359 e. The fourth-order valence-corrected chi connectivity index (χ4v) is 3.68. The average molecular weight is 415 g/mol. The Bertz CT molecular complexity index is 1360. The lowest BCUT2D eigenvalue weighted by Crippen LogP contribution is -2.19. The number of aromatic amines is 1. The Hall–Kier alpha value is -4.00. The average Bonchev–Trinajstić information content (AvgIpc) is 3.07. The zero-order chi connectivity index (χ0) is 22.1. The minimum absolute atomic E-state index is 0.0341. The van der Waals surface area contributed by atoms with E-state index in [-0.39, 0.29) is 11.5 Å². The summed E-state index contributed by atoms with van der Waals surface area (Å²) in [6.45, 7) is 5.37. The highest BCUT2D eigenvalue weighted by atomic mass is 16.5. The molecule has 0 spiro atoms. The number of aromatic nitrogens is 3. The van der Waals surface area contributed by atoms with Crippen molar-refractivity contribution in [2.45, 2.75) is 20.8 Å². The summed E-state index contributed by atoms with van der Waals surface area (Å²) in [5.74, 6) is -1.08. The van der Waals surface area contributed by atoms with Crippen LogP contribution in [0.3, 0.4) is 0 Å². The van der Waals surface area contributed by atoms with E-state index in [0.29, 0.717) is 16.3 Å². The summed E-state index contributed by atoms with van der Waals surface area (Å²) in [7, 11) is 0. The van der Waals surface area contributed by atoms with Crippen molar-refractivity contribution < 1.29 is 14.3 Å². The van der Waals surface area contributed by atoms with E-state index in [2.05, 4.69) is 10.2 Å². The van der Waals surface area contributed by atoms with Gasteiger partial charge in [-0.3, -0.25) is 9.59 Å². The van der Waals surface area contributed by atoms with Gasteiger partial charge in [0.2, 0.25) is 5.78 Å². The van der Waals surface area contributed by atoms with Gasteiger partial charge in [0.15, 0.2) is 12.3 Å². The van der Waals surface area contributed by atoms with E-state index in [9.17, 15) is 14.4 Å². The van der Waals surface area contributed by atoms with Crippen molar-refractivity contribution >= 4 is 22.5 Å². The number of ketones is 1. The quantitative estimate of drug-likeness (QED) is 0.396. The van der Waals surface area contributed by atoms with Crippen LogP contribution in [0.4, 0.5) is 0 Å². The number of H-pyrrole nitrogens is 1. The molecule has 0 fully saturated rings. The van der Waals surface area contributed by atoms with Crippen molar-refractivity contribution in [3.05, 3.63) is 93.2 Å². The van der Waals surface area contributed by atoms with Crippen LogP contribution in [0.25, 0.3) is 16.5 Å². The number of carbonyl (C=O) groups is 2. The van der Waals surface area contributed by atoms with Gasteiger partial charge in [0.1, 0.15) is 0 Å². The highest BCUT2D eigenvalue weighted by Crippen LogP contribution is 2.22. The topological polar surface area (TPSA) is 94.0 Å². The molecular formula is C24H21N3O4. The van der Waals surface area contributed by atoms with Crippen LogP contribution in [0.15, 0.2) is 59.4 Å². The number of rotatable bonds is 5. The van der Waals surface area contributed by atoms with Crippen LogP contribution in [0.2, 0.25) is 0 Å². The molecule has 31 heavy (non-hydrogen) atoms. The van der Waals surface area contributed by atoms with Crippen molar-refractivity contribution in [3.8, 4) is 5.69 Å². The summed E-state index contributed by atoms with van der Waals surface area (Å²) >= 11 is 0. The van der Waals surface area contributed by atoms with Crippen molar-refractivity contribution in [1.29, 1.82) is 0 Å². The fourth-order valence-electron chi connectivity index (χ4n) is 3.68. The largest absolute Gasteiger partial charge is 0.452 e. The Labute approximate surface area is 178 Å². The van der Waals surface area contributed by atoms with E-state index in [1.54, 1.807) is 30.3 Å². The first-order valence-corrected chi connectivity index (χ1v) is 9.80. The second kappa shape index (κ2) is 8.02. The summed E-state index contributed by atoms with van der Waals surface area (Å²) in [6.07, 6.45) is 0. The molecule has 0 saturated heterocycles. The standard InChI is InChI=1S/C24H21N3O4/c1-14-8-10-17(11-9-14)27-15(2)12-20(16(27)3)21(28)13-31-24(30)22-18-6-4-5-7-19(18)23(29)26-25-22/h4-12H,13H2,1-3H3,(H,26,29). The van der Waals surface area contributed by atoms with Gasteiger partial charge in [-0.15, -0.1) is 0 Å². The van der Waals surface area contributed by atoms with Gasteiger partial charge in [-0.2, -0.15) is 5.10 Å². The van der Waals surface area contributed by atoms with Crippen molar-refractivity contribution in [3.63, 3.8) is 0 Å². The van der Waals surface area contributed by atoms with Gasteiger partial charge < -0.3 is 9.30 Å². The molecule has 156 valence electrons. The molecule has 0 radical (unpaired) electrons. The molecule has 0 atom stereocenters. The second-order valence-electron chi connectivity index (χ2n) is 7.40. The molecule has 2 heterocycles. The van der Waals surface area contributed by atoms with Gasteiger partial charge in [0, 0.05) is 28.0 Å². The van der Waals surface area contributed by atoms with Crippen molar-refractivity contribution in [2.75, 3.05) is 6.61 Å².